The number of hydrogen-bond donors (Lipinski definition) is 1. The fourth-order valence-corrected chi connectivity index (χ4v) is 2.11. The lowest BCUT2D eigenvalue weighted by Crippen LogP contribution is -2.04. The van der Waals surface area contributed by atoms with Crippen molar-refractivity contribution in [1.29, 1.82) is 0 Å². The van der Waals surface area contributed by atoms with E-state index in [4.69, 9.17) is 39.2 Å². The molecule has 1 heterocycles. The zero-order valence-corrected chi connectivity index (χ0v) is 13.4. The van der Waals surface area contributed by atoms with Gasteiger partial charge in [0.05, 0.1) is 6.54 Å². The summed E-state index contributed by atoms with van der Waals surface area (Å²) in [7, 11) is 0. The number of alkyl halides is 3. The standard InChI is InChI=1S/C13H14Cl3N3O/c1-3-9-6-4-5-8(2)11(9)17-7-10-18-19-12(20-10)13(14,15)16/h4-6,17H,3,7H2,1-2H3. The quantitative estimate of drug-likeness (QED) is 0.843. The monoisotopic (exact) mass is 333 g/mol. The summed E-state index contributed by atoms with van der Waals surface area (Å²) in [6, 6.07) is 6.16. The molecule has 0 saturated heterocycles. The van der Waals surface area contributed by atoms with Crippen LogP contribution in [0.5, 0.6) is 0 Å². The van der Waals surface area contributed by atoms with Crippen molar-refractivity contribution < 1.29 is 4.42 Å². The minimum atomic E-state index is -1.69. The van der Waals surface area contributed by atoms with E-state index in [1.807, 2.05) is 19.1 Å². The summed E-state index contributed by atoms with van der Waals surface area (Å²) in [5, 5.41) is 10.9. The Morgan fingerprint density at radius 2 is 2.00 bits per heavy atom. The Labute approximate surface area is 132 Å². The van der Waals surface area contributed by atoms with Crippen molar-refractivity contribution in [3.63, 3.8) is 0 Å². The Hall–Kier alpha value is -0.970. The van der Waals surface area contributed by atoms with Gasteiger partial charge in [0.2, 0.25) is 5.89 Å². The van der Waals surface area contributed by atoms with E-state index in [-0.39, 0.29) is 5.89 Å². The van der Waals surface area contributed by atoms with Gasteiger partial charge >= 0.3 is 0 Å². The van der Waals surface area contributed by atoms with Gasteiger partial charge in [-0.3, -0.25) is 0 Å². The van der Waals surface area contributed by atoms with Crippen molar-refractivity contribution in [2.24, 2.45) is 0 Å². The number of anilines is 1. The third-order valence-electron chi connectivity index (χ3n) is 2.87. The molecule has 0 bridgehead atoms. The van der Waals surface area contributed by atoms with Crippen LogP contribution >= 0.6 is 34.8 Å². The molecule has 1 aromatic heterocycles. The van der Waals surface area contributed by atoms with Gasteiger partial charge in [-0.25, -0.2) is 0 Å². The van der Waals surface area contributed by atoms with Gasteiger partial charge in [0.15, 0.2) is 0 Å². The predicted molar refractivity (Wildman–Crippen MR) is 81.4 cm³/mol. The maximum absolute atomic E-state index is 5.68. The molecular formula is C13H14Cl3N3O. The first-order valence-electron chi connectivity index (χ1n) is 6.13. The fraction of sp³-hybridized carbons (Fsp3) is 0.385. The van der Waals surface area contributed by atoms with Crippen LogP contribution in [0.1, 0.15) is 29.8 Å². The average molecular weight is 335 g/mol. The lowest BCUT2D eigenvalue weighted by Gasteiger charge is -2.12. The number of rotatable bonds is 4. The average Bonchev–Trinajstić information content (AvgIpc) is 2.85. The summed E-state index contributed by atoms with van der Waals surface area (Å²) in [6.07, 6.45) is 0.938. The number of para-hydroxylation sites is 1. The van der Waals surface area contributed by atoms with Crippen LogP contribution in [0.25, 0.3) is 0 Å². The fourth-order valence-electron chi connectivity index (χ4n) is 1.88. The van der Waals surface area contributed by atoms with E-state index in [2.05, 4.69) is 28.5 Å². The minimum absolute atomic E-state index is 0.0280. The molecule has 0 aliphatic heterocycles. The molecule has 2 aromatic rings. The number of halogens is 3. The lowest BCUT2D eigenvalue weighted by molar-refractivity contribution is 0.461. The Bertz CT molecular complexity index is 593. The molecule has 20 heavy (non-hydrogen) atoms. The van der Waals surface area contributed by atoms with Gasteiger partial charge in [-0.1, -0.05) is 59.9 Å². The summed E-state index contributed by atoms with van der Waals surface area (Å²) in [4.78, 5) is 0. The van der Waals surface area contributed by atoms with Gasteiger partial charge in [0.25, 0.3) is 9.68 Å². The van der Waals surface area contributed by atoms with Crippen LogP contribution in [-0.4, -0.2) is 10.2 Å². The van der Waals surface area contributed by atoms with Gasteiger partial charge in [-0.05, 0) is 24.5 Å². The van der Waals surface area contributed by atoms with E-state index in [1.54, 1.807) is 0 Å². The first kappa shape index (κ1) is 15.4. The van der Waals surface area contributed by atoms with Crippen LogP contribution in [0.4, 0.5) is 5.69 Å². The first-order chi connectivity index (χ1) is 9.41. The Balaban J connectivity index is 2.11. The molecule has 0 spiro atoms. The highest BCUT2D eigenvalue weighted by Gasteiger charge is 2.30. The van der Waals surface area contributed by atoms with Crippen molar-refractivity contribution in [1.82, 2.24) is 10.2 Å². The predicted octanol–water partition coefficient (Wildman–Crippen LogP) is 4.38. The summed E-state index contributed by atoms with van der Waals surface area (Å²) < 4.78 is 3.61. The number of hydrogen-bond acceptors (Lipinski definition) is 4. The summed E-state index contributed by atoms with van der Waals surface area (Å²) in [6.45, 7) is 4.53. The molecule has 0 amide bonds. The molecule has 0 fully saturated rings. The number of aryl methyl sites for hydroxylation is 2. The molecule has 0 aliphatic rings. The van der Waals surface area contributed by atoms with E-state index in [0.29, 0.717) is 12.4 Å². The molecule has 0 aliphatic carbocycles. The zero-order valence-electron chi connectivity index (χ0n) is 11.1. The van der Waals surface area contributed by atoms with Gasteiger partial charge in [0, 0.05) is 5.69 Å². The van der Waals surface area contributed by atoms with E-state index in [1.165, 1.54) is 5.56 Å². The molecule has 0 radical (unpaired) electrons. The van der Waals surface area contributed by atoms with Gasteiger partial charge in [-0.2, -0.15) is 0 Å². The molecule has 0 atom stereocenters. The van der Waals surface area contributed by atoms with Gasteiger partial charge < -0.3 is 9.73 Å². The third kappa shape index (κ3) is 3.57. The van der Waals surface area contributed by atoms with Gasteiger partial charge in [0.1, 0.15) is 0 Å². The maximum Gasteiger partial charge on any atom is 0.268 e. The second kappa shape index (κ2) is 6.20. The highest BCUT2D eigenvalue weighted by molar-refractivity contribution is 6.66. The minimum Gasteiger partial charge on any atom is -0.419 e. The van der Waals surface area contributed by atoms with E-state index >= 15 is 0 Å². The van der Waals surface area contributed by atoms with Crippen molar-refractivity contribution >= 4 is 40.5 Å². The van der Waals surface area contributed by atoms with E-state index in [0.717, 1.165) is 17.7 Å². The van der Waals surface area contributed by atoms with Crippen molar-refractivity contribution in [3.05, 3.63) is 41.1 Å². The van der Waals surface area contributed by atoms with Crippen molar-refractivity contribution in [2.45, 2.75) is 30.6 Å². The van der Waals surface area contributed by atoms with Crippen LogP contribution in [0.2, 0.25) is 0 Å². The number of benzene rings is 1. The molecule has 0 saturated carbocycles. The van der Waals surface area contributed by atoms with Gasteiger partial charge in [-0.15, -0.1) is 10.2 Å². The SMILES string of the molecule is CCc1cccc(C)c1NCc1nnc(C(Cl)(Cl)Cl)o1. The van der Waals surface area contributed by atoms with Crippen LogP contribution in [0.15, 0.2) is 22.6 Å². The zero-order chi connectivity index (χ0) is 14.8. The molecule has 2 rings (SSSR count). The molecule has 1 N–H and O–H groups in total. The normalized spacial score (nSPS) is 11.7. The number of nitrogens with zero attached hydrogens (tertiary/aromatic N) is 2. The van der Waals surface area contributed by atoms with Crippen LogP contribution in [-0.2, 0) is 16.8 Å². The van der Waals surface area contributed by atoms with Crippen LogP contribution in [0, 0.1) is 6.92 Å². The number of aromatic nitrogens is 2. The Morgan fingerprint density at radius 3 is 2.60 bits per heavy atom. The largest absolute Gasteiger partial charge is 0.419 e. The lowest BCUT2D eigenvalue weighted by atomic mass is 10.1. The molecule has 1 aromatic carbocycles. The Morgan fingerprint density at radius 1 is 1.25 bits per heavy atom. The number of nitrogens with one attached hydrogen (secondary N) is 1. The third-order valence-corrected chi connectivity index (χ3v) is 3.35. The highest BCUT2D eigenvalue weighted by atomic mass is 35.6. The summed E-state index contributed by atoms with van der Waals surface area (Å²) >= 11 is 17.0. The summed E-state index contributed by atoms with van der Waals surface area (Å²) in [5.41, 5.74) is 3.46. The first-order valence-corrected chi connectivity index (χ1v) is 7.27. The van der Waals surface area contributed by atoms with Crippen LogP contribution < -0.4 is 5.32 Å². The molecule has 7 heteroatoms. The van der Waals surface area contributed by atoms with Crippen molar-refractivity contribution in [2.75, 3.05) is 5.32 Å². The Kier molecular flexibility index (Phi) is 4.78. The van der Waals surface area contributed by atoms with E-state index in [9.17, 15) is 0 Å². The second-order valence-corrected chi connectivity index (χ2v) is 6.60. The molecule has 0 unspecified atom stereocenters. The maximum atomic E-state index is 5.68. The molecule has 4 nitrogen and oxygen atoms in total. The van der Waals surface area contributed by atoms with E-state index < -0.39 is 3.79 Å². The molecular weight excluding hydrogens is 321 g/mol. The smallest absolute Gasteiger partial charge is 0.268 e. The highest BCUT2D eigenvalue weighted by Crippen LogP contribution is 2.37. The van der Waals surface area contributed by atoms with Crippen molar-refractivity contribution in [3.8, 4) is 0 Å². The second-order valence-electron chi connectivity index (χ2n) is 4.31. The summed E-state index contributed by atoms with van der Waals surface area (Å²) in [5.74, 6) is 0.344. The topological polar surface area (TPSA) is 51.0 Å². The van der Waals surface area contributed by atoms with Crippen LogP contribution in [0.3, 0.4) is 0 Å². The molecule has 108 valence electrons.